The summed E-state index contributed by atoms with van der Waals surface area (Å²) < 4.78 is 19.1. The molecule has 0 N–H and O–H groups in total. The van der Waals surface area contributed by atoms with Gasteiger partial charge in [0.15, 0.2) is 11.6 Å². The molecule has 0 aliphatic carbocycles. The molecule has 0 spiro atoms. The maximum atomic E-state index is 13.7. The molecule has 18 heavy (non-hydrogen) atoms. The molecule has 0 fully saturated rings. The molecule has 0 aliphatic rings. The van der Waals surface area contributed by atoms with Crippen molar-refractivity contribution < 1.29 is 9.13 Å². The summed E-state index contributed by atoms with van der Waals surface area (Å²) in [6, 6.07) is 10.2. The maximum Gasteiger partial charge on any atom is 0.167 e. The molecule has 0 saturated carbocycles. The summed E-state index contributed by atoms with van der Waals surface area (Å²) in [6.07, 6.45) is 0. The van der Waals surface area contributed by atoms with Crippen molar-refractivity contribution in [1.29, 1.82) is 0 Å². The monoisotopic (exact) mass is 284 g/mol. The Morgan fingerprint density at radius 2 is 1.67 bits per heavy atom. The van der Waals surface area contributed by atoms with Gasteiger partial charge in [0.1, 0.15) is 6.61 Å². The van der Waals surface area contributed by atoms with Crippen LogP contribution in [-0.4, -0.2) is 0 Å². The molecule has 0 bridgehead atoms. The maximum absolute atomic E-state index is 13.7. The summed E-state index contributed by atoms with van der Waals surface area (Å²) in [7, 11) is 0. The third kappa shape index (κ3) is 2.77. The Hall–Kier alpha value is -1.25. The van der Waals surface area contributed by atoms with Gasteiger partial charge in [-0.05, 0) is 30.7 Å². The van der Waals surface area contributed by atoms with E-state index in [1.54, 1.807) is 43.3 Å². The number of rotatable bonds is 3. The van der Waals surface area contributed by atoms with Crippen molar-refractivity contribution in [2.45, 2.75) is 13.5 Å². The lowest BCUT2D eigenvalue weighted by Gasteiger charge is -2.10. The fraction of sp³-hybridized carbons (Fsp3) is 0.143. The minimum Gasteiger partial charge on any atom is -0.486 e. The molecule has 2 aromatic carbocycles. The molecule has 4 heteroatoms. The van der Waals surface area contributed by atoms with E-state index in [1.165, 1.54) is 0 Å². The van der Waals surface area contributed by atoms with Crippen LogP contribution in [0.2, 0.25) is 10.0 Å². The van der Waals surface area contributed by atoms with Crippen LogP contribution in [0.3, 0.4) is 0 Å². The number of halogens is 3. The molecule has 1 nitrogen and oxygen atoms in total. The third-order valence-corrected chi connectivity index (χ3v) is 3.30. The summed E-state index contributed by atoms with van der Waals surface area (Å²) in [6.45, 7) is 1.82. The standard InChI is InChI=1S/C14H11Cl2FO/c1-9-4-2-7-13(14(9)17)18-8-10-11(15)5-3-6-12(10)16/h2-7H,8H2,1H3. The topological polar surface area (TPSA) is 9.23 Å². The zero-order chi connectivity index (χ0) is 13.1. The minimum atomic E-state index is -0.360. The summed E-state index contributed by atoms with van der Waals surface area (Å²) in [5, 5.41) is 1.02. The van der Waals surface area contributed by atoms with Gasteiger partial charge in [-0.15, -0.1) is 0 Å². The SMILES string of the molecule is Cc1cccc(OCc2c(Cl)cccc2Cl)c1F. The molecular weight excluding hydrogens is 274 g/mol. The van der Waals surface area contributed by atoms with Gasteiger partial charge >= 0.3 is 0 Å². The molecule has 0 aromatic heterocycles. The van der Waals surface area contributed by atoms with Gasteiger partial charge in [-0.25, -0.2) is 4.39 Å². The number of hydrogen-bond acceptors (Lipinski definition) is 1. The van der Waals surface area contributed by atoms with Crippen molar-refractivity contribution >= 4 is 23.2 Å². The second-order valence-electron chi connectivity index (χ2n) is 3.88. The Balaban J connectivity index is 2.19. The van der Waals surface area contributed by atoms with E-state index in [0.29, 0.717) is 21.2 Å². The van der Waals surface area contributed by atoms with E-state index in [2.05, 4.69) is 0 Å². The van der Waals surface area contributed by atoms with Crippen molar-refractivity contribution in [2.75, 3.05) is 0 Å². The van der Waals surface area contributed by atoms with E-state index in [-0.39, 0.29) is 18.2 Å². The van der Waals surface area contributed by atoms with E-state index in [0.717, 1.165) is 0 Å². The number of benzene rings is 2. The van der Waals surface area contributed by atoms with Gasteiger partial charge in [0, 0.05) is 15.6 Å². The highest BCUT2D eigenvalue weighted by Crippen LogP contribution is 2.27. The van der Waals surface area contributed by atoms with E-state index in [4.69, 9.17) is 27.9 Å². The molecule has 94 valence electrons. The average Bonchev–Trinajstić information content (AvgIpc) is 2.33. The van der Waals surface area contributed by atoms with Gasteiger partial charge in [0.2, 0.25) is 0 Å². The lowest BCUT2D eigenvalue weighted by molar-refractivity contribution is 0.290. The Bertz CT molecular complexity index is 549. The number of hydrogen-bond donors (Lipinski definition) is 0. The quantitative estimate of drug-likeness (QED) is 0.769. The summed E-state index contributed by atoms with van der Waals surface area (Å²) in [5.41, 5.74) is 1.19. The van der Waals surface area contributed by atoms with Crippen molar-refractivity contribution in [1.82, 2.24) is 0 Å². The van der Waals surface area contributed by atoms with E-state index >= 15 is 0 Å². The third-order valence-electron chi connectivity index (χ3n) is 2.59. The van der Waals surface area contributed by atoms with Crippen LogP contribution in [0.25, 0.3) is 0 Å². The molecule has 0 amide bonds. The van der Waals surface area contributed by atoms with Gasteiger partial charge in [-0.2, -0.15) is 0 Å². The zero-order valence-electron chi connectivity index (χ0n) is 9.71. The first kappa shape index (κ1) is 13.2. The molecule has 2 aromatic rings. The molecule has 0 unspecified atom stereocenters. The highest BCUT2D eigenvalue weighted by Gasteiger charge is 2.09. The summed E-state index contributed by atoms with van der Waals surface area (Å²) in [4.78, 5) is 0. The minimum absolute atomic E-state index is 0.138. The van der Waals surface area contributed by atoms with Crippen molar-refractivity contribution in [3.8, 4) is 5.75 Å². The Kier molecular flexibility index (Phi) is 4.10. The molecule has 0 atom stereocenters. The molecule has 0 saturated heterocycles. The Morgan fingerprint density at radius 3 is 2.33 bits per heavy atom. The van der Waals surface area contributed by atoms with Crippen LogP contribution >= 0.6 is 23.2 Å². The predicted octanol–water partition coefficient (Wildman–Crippen LogP) is 5.02. The average molecular weight is 285 g/mol. The molecular formula is C14H11Cl2FO. The zero-order valence-corrected chi connectivity index (χ0v) is 11.2. The first-order valence-corrected chi connectivity index (χ1v) is 6.16. The molecule has 0 heterocycles. The lowest BCUT2D eigenvalue weighted by Crippen LogP contribution is -1.99. The van der Waals surface area contributed by atoms with Gasteiger partial charge in [0.05, 0.1) is 0 Å². The smallest absolute Gasteiger partial charge is 0.167 e. The van der Waals surface area contributed by atoms with Gasteiger partial charge in [0.25, 0.3) is 0 Å². The highest BCUT2D eigenvalue weighted by molar-refractivity contribution is 6.35. The largest absolute Gasteiger partial charge is 0.486 e. The summed E-state index contributed by atoms with van der Waals surface area (Å²) >= 11 is 12.0. The predicted molar refractivity (Wildman–Crippen MR) is 71.9 cm³/mol. The van der Waals surface area contributed by atoms with Crippen molar-refractivity contribution in [3.05, 3.63) is 63.4 Å². The van der Waals surface area contributed by atoms with Crippen LogP contribution < -0.4 is 4.74 Å². The lowest BCUT2D eigenvalue weighted by atomic mass is 10.2. The number of ether oxygens (including phenoxy) is 1. The van der Waals surface area contributed by atoms with Crippen LogP contribution in [0.15, 0.2) is 36.4 Å². The van der Waals surface area contributed by atoms with Crippen molar-refractivity contribution in [3.63, 3.8) is 0 Å². The molecule has 2 rings (SSSR count). The second kappa shape index (κ2) is 5.59. The van der Waals surface area contributed by atoms with Crippen molar-refractivity contribution in [2.24, 2.45) is 0 Å². The van der Waals surface area contributed by atoms with Crippen LogP contribution in [0.5, 0.6) is 5.75 Å². The van der Waals surface area contributed by atoms with E-state index < -0.39 is 0 Å². The molecule has 0 radical (unpaired) electrons. The summed E-state index contributed by atoms with van der Waals surface area (Å²) in [5.74, 6) is -0.160. The first-order valence-electron chi connectivity index (χ1n) is 5.40. The van der Waals surface area contributed by atoms with Crippen LogP contribution in [0, 0.1) is 12.7 Å². The highest BCUT2D eigenvalue weighted by atomic mass is 35.5. The van der Waals surface area contributed by atoms with Crippen LogP contribution in [-0.2, 0) is 6.61 Å². The van der Waals surface area contributed by atoms with E-state index in [1.807, 2.05) is 0 Å². The normalized spacial score (nSPS) is 10.4. The molecule has 0 aliphatic heterocycles. The van der Waals surface area contributed by atoms with Gasteiger partial charge in [-0.1, -0.05) is 41.4 Å². The fourth-order valence-electron chi connectivity index (χ4n) is 1.55. The van der Waals surface area contributed by atoms with Crippen LogP contribution in [0.4, 0.5) is 4.39 Å². The second-order valence-corrected chi connectivity index (χ2v) is 4.69. The first-order chi connectivity index (χ1) is 8.59. The van der Waals surface area contributed by atoms with Gasteiger partial charge < -0.3 is 4.74 Å². The van der Waals surface area contributed by atoms with Gasteiger partial charge in [-0.3, -0.25) is 0 Å². The Morgan fingerprint density at radius 1 is 1.06 bits per heavy atom. The van der Waals surface area contributed by atoms with Crippen LogP contribution in [0.1, 0.15) is 11.1 Å². The fourth-order valence-corrected chi connectivity index (χ4v) is 2.06. The Labute approximate surface area is 115 Å². The number of aryl methyl sites for hydroxylation is 1. The van der Waals surface area contributed by atoms with E-state index in [9.17, 15) is 4.39 Å².